The van der Waals surface area contributed by atoms with E-state index in [1.165, 1.54) is 18.2 Å². The van der Waals surface area contributed by atoms with E-state index in [4.69, 9.17) is 4.74 Å². The zero-order valence-electron chi connectivity index (χ0n) is 15.5. The van der Waals surface area contributed by atoms with Gasteiger partial charge in [-0.05, 0) is 31.2 Å². The van der Waals surface area contributed by atoms with Crippen LogP contribution in [0.1, 0.15) is 37.3 Å². The highest BCUT2D eigenvalue weighted by atomic mass is 16.5. The molecule has 6 heteroatoms. The van der Waals surface area contributed by atoms with Crippen LogP contribution in [0.2, 0.25) is 0 Å². The first-order chi connectivity index (χ1) is 13.1. The van der Waals surface area contributed by atoms with Crippen molar-refractivity contribution >= 4 is 6.09 Å². The van der Waals surface area contributed by atoms with E-state index in [1.54, 1.807) is 4.90 Å². The topological polar surface area (TPSA) is 67.6 Å². The Morgan fingerprint density at radius 1 is 1.26 bits per heavy atom. The standard InChI is InChI=1S/C21H25N3O3/c1-27-20(26)23-10-8-21(9-11-23)7-6-16(19(21)25)18-15-5-3-2-4-14(15)17-12-22-13-24(17)18/h2-5,12-13,16,18-19,25H,6-11H2,1H3. The van der Waals surface area contributed by atoms with Gasteiger partial charge in [0.2, 0.25) is 0 Å². The molecule has 1 saturated carbocycles. The van der Waals surface area contributed by atoms with Crippen LogP contribution in [0.5, 0.6) is 0 Å². The van der Waals surface area contributed by atoms with Crippen LogP contribution in [0.25, 0.3) is 11.3 Å². The van der Waals surface area contributed by atoms with Crippen molar-refractivity contribution in [3.05, 3.63) is 42.4 Å². The summed E-state index contributed by atoms with van der Waals surface area (Å²) in [6.07, 6.45) is 6.87. The highest BCUT2D eigenvalue weighted by Gasteiger charge is 2.53. The summed E-state index contributed by atoms with van der Waals surface area (Å²) in [6, 6.07) is 8.62. The Bertz CT molecular complexity index is 869. The van der Waals surface area contributed by atoms with E-state index < -0.39 is 0 Å². The van der Waals surface area contributed by atoms with Gasteiger partial charge in [-0.3, -0.25) is 0 Å². The largest absolute Gasteiger partial charge is 0.453 e. The monoisotopic (exact) mass is 367 g/mol. The first-order valence-corrected chi connectivity index (χ1v) is 9.77. The summed E-state index contributed by atoms with van der Waals surface area (Å²) >= 11 is 0. The SMILES string of the molecule is COC(=O)N1CCC2(CCC(C3c4ccccc4-c4cncn43)C2O)CC1. The maximum atomic E-state index is 11.8. The van der Waals surface area contributed by atoms with Gasteiger partial charge in [-0.1, -0.05) is 24.3 Å². The number of benzene rings is 1. The second kappa shape index (κ2) is 6.09. The van der Waals surface area contributed by atoms with Gasteiger partial charge in [0.25, 0.3) is 0 Å². The molecule has 0 bridgehead atoms. The van der Waals surface area contributed by atoms with Gasteiger partial charge in [0.1, 0.15) is 0 Å². The van der Waals surface area contributed by atoms with Gasteiger partial charge >= 0.3 is 6.09 Å². The molecule has 2 aliphatic heterocycles. The number of nitrogens with zero attached hydrogens (tertiary/aromatic N) is 3. The fraction of sp³-hybridized carbons (Fsp3) is 0.524. The third-order valence-electron chi connectivity index (χ3n) is 7.13. The number of hydrogen-bond acceptors (Lipinski definition) is 4. The Morgan fingerprint density at radius 2 is 2.04 bits per heavy atom. The molecule has 5 rings (SSSR count). The number of rotatable bonds is 1. The van der Waals surface area contributed by atoms with Gasteiger partial charge in [-0.25, -0.2) is 9.78 Å². The molecule has 2 aromatic rings. The number of carbonyl (C=O) groups excluding carboxylic acids is 1. The lowest BCUT2D eigenvalue weighted by molar-refractivity contribution is -0.0239. The van der Waals surface area contributed by atoms with Crippen molar-refractivity contribution in [3.63, 3.8) is 0 Å². The summed E-state index contributed by atoms with van der Waals surface area (Å²) in [5.74, 6) is 0.172. The number of likely N-dealkylation sites (tertiary alicyclic amines) is 1. The quantitative estimate of drug-likeness (QED) is 0.841. The number of carbonyl (C=O) groups is 1. The highest BCUT2D eigenvalue weighted by molar-refractivity contribution is 5.69. The maximum Gasteiger partial charge on any atom is 0.409 e. The average Bonchev–Trinajstić information content (AvgIpc) is 3.37. The van der Waals surface area contributed by atoms with Crippen LogP contribution in [0, 0.1) is 11.3 Å². The molecule has 3 heterocycles. The van der Waals surface area contributed by atoms with Gasteiger partial charge in [0.15, 0.2) is 0 Å². The van der Waals surface area contributed by atoms with Gasteiger partial charge in [0.05, 0.1) is 37.5 Å². The molecule has 1 aliphatic carbocycles. The van der Waals surface area contributed by atoms with Crippen molar-refractivity contribution in [2.45, 2.75) is 37.8 Å². The lowest BCUT2D eigenvalue weighted by atomic mass is 9.73. The Balaban J connectivity index is 1.42. The molecule has 6 nitrogen and oxygen atoms in total. The van der Waals surface area contributed by atoms with Gasteiger partial charge in [-0.2, -0.15) is 0 Å². The van der Waals surface area contributed by atoms with E-state index in [-0.39, 0.29) is 29.6 Å². The smallest absolute Gasteiger partial charge is 0.409 e. The summed E-state index contributed by atoms with van der Waals surface area (Å²) in [4.78, 5) is 17.9. The molecule has 1 saturated heterocycles. The normalized spacial score (nSPS) is 28.2. The van der Waals surface area contributed by atoms with Gasteiger partial charge < -0.3 is 19.3 Å². The highest BCUT2D eigenvalue weighted by Crippen LogP contribution is 2.55. The number of aliphatic hydroxyl groups is 1. The molecule has 3 atom stereocenters. The Hall–Kier alpha value is -2.34. The Kier molecular flexibility index (Phi) is 3.79. The number of ether oxygens (including phenoxy) is 1. The number of imidazole rings is 1. The number of amides is 1. The average molecular weight is 367 g/mol. The van der Waals surface area contributed by atoms with E-state index >= 15 is 0 Å². The number of aliphatic hydroxyl groups excluding tert-OH is 1. The molecular formula is C21H25N3O3. The summed E-state index contributed by atoms with van der Waals surface area (Å²) in [5, 5.41) is 11.4. The minimum Gasteiger partial charge on any atom is -0.453 e. The van der Waals surface area contributed by atoms with Crippen LogP contribution in [0.4, 0.5) is 4.79 Å². The lowest BCUT2D eigenvalue weighted by Gasteiger charge is -2.42. The molecule has 0 radical (unpaired) electrons. The van der Waals surface area contributed by atoms with Crippen molar-refractivity contribution in [1.82, 2.24) is 14.5 Å². The molecule has 3 unspecified atom stereocenters. The second-order valence-corrected chi connectivity index (χ2v) is 8.19. The van der Waals surface area contributed by atoms with Crippen LogP contribution >= 0.6 is 0 Å². The van der Waals surface area contributed by atoms with Gasteiger partial charge in [-0.15, -0.1) is 0 Å². The molecule has 142 valence electrons. The van der Waals surface area contributed by atoms with Gasteiger partial charge in [0, 0.05) is 30.0 Å². The minimum atomic E-state index is -0.372. The fourth-order valence-electron chi connectivity index (χ4n) is 5.66. The van der Waals surface area contributed by atoms with Crippen LogP contribution in [-0.4, -0.2) is 52.0 Å². The van der Waals surface area contributed by atoms with Crippen molar-refractivity contribution in [2.24, 2.45) is 11.3 Å². The molecule has 1 aromatic heterocycles. The number of aromatic nitrogens is 2. The molecule has 1 amide bonds. The van der Waals surface area contributed by atoms with E-state index in [0.717, 1.165) is 31.4 Å². The molecule has 1 spiro atoms. The van der Waals surface area contributed by atoms with E-state index in [1.807, 2.05) is 12.5 Å². The van der Waals surface area contributed by atoms with E-state index in [2.05, 4.69) is 33.8 Å². The van der Waals surface area contributed by atoms with Crippen LogP contribution in [0.3, 0.4) is 0 Å². The summed E-state index contributed by atoms with van der Waals surface area (Å²) in [7, 11) is 1.42. The third-order valence-corrected chi connectivity index (χ3v) is 7.13. The zero-order valence-corrected chi connectivity index (χ0v) is 15.5. The molecule has 1 N–H and O–H groups in total. The first-order valence-electron chi connectivity index (χ1n) is 9.77. The van der Waals surface area contributed by atoms with Crippen LogP contribution < -0.4 is 0 Å². The van der Waals surface area contributed by atoms with Crippen LogP contribution in [-0.2, 0) is 4.74 Å². The lowest BCUT2D eigenvalue weighted by Crippen LogP contribution is -2.47. The van der Waals surface area contributed by atoms with Crippen molar-refractivity contribution in [2.75, 3.05) is 20.2 Å². The fourth-order valence-corrected chi connectivity index (χ4v) is 5.66. The number of fused-ring (bicyclic) bond motifs is 3. The third kappa shape index (κ3) is 2.35. The van der Waals surface area contributed by atoms with Crippen molar-refractivity contribution in [3.8, 4) is 11.3 Å². The number of piperidine rings is 1. The minimum absolute atomic E-state index is 0.0898. The number of hydrogen-bond donors (Lipinski definition) is 1. The summed E-state index contributed by atoms with van der Waals surface area (Å²) < 4.78 is 7.09. The Labute approximate surface area is 158 Å². The molecule has 1 aromatic carbocycles. The number of methoxy groups -OCH3 is 1. The molecule has 27 heavy (non-hydrogen) atoms. The molecular weight excluding hydrogens is 342 g/mol. The van der Waals surface area contributed by atoms with Crippen molar-refractivity contribution in [1.29, 1.82) is 0 Å². The first kappa shape index (κ1) is 16.8. The molecule has 3 aliphatic rings. The zero-order chi connectivity index (χ0) is 18.6. The molecule has 2 fully saturated rings. The predicted octanol–water partition coefficient (Wildman–Crippen LogP) is 3.07. The summed E-state index contributed by atoms with van der Waals surface area (Å²) in [6.45, 7) is 1.32. The van der Waals surface area contributed by atoms with E-state index in [9.17, 15) is 9.90 Å². The summed E-state index contributed by atoms with van der Waals surface area (Å²) in [5.41, 5.74) is 3.58. The maximum absolute atomic E-state index is 11.8. The van der Waals surface area contributed by atoms with Crippen LogP contribution in [0.15, 0.2) is 36.8 Å². The Morgan fingerprint density at radius 3 is 2.81 bits per heavy atom. The second-order valence-electron chi connectivity index (χ2n) is 8.19. The van der Waals surface area contributed by atoms with E-state index in [0.29, 0.717) is 13.1 Å². The predicted molar refractivity (Wildman–Crippen MR) is 100 cm³/mol. The van der Waals surface area contributed by atoms with Crippen molar-refractivity contribution < 1.29 is 14.6 Å².